The second kappa shape index (κ2) is 5.76. The minimum Gasteiger partial charge on any atom is -0.365 e. The molecule has 2 aliphatic heterocycles. The van der Waals surface area contributed by atoms with Crippen molar-refractivity contribution in [2.45, 2.75) is 25.4 Å². The molecule has 2 bridgehead atoms. The summed E-state index contributed by atoms with van der Waals surface area (Å²) in [7, 11) is 0. The summed E-state index contributed by atoms with van der Waals surface area (Å²) >= 11 is 0. The molecule has 2 atom stereocenters. The molecule has 0 aliphatic carbocycles. The normalized spacial score (nSPS) is 22.1. The Hall–Kier alpha value is -2.67. The third kappa shape index (κ3) is 2.46. The van der Waals surface area contributed by atoms with Gasteiger partial charge in [-0.15, -0.1) is 0 Å². The number of rotatable bonds is 3. The molecule has 1 amide bonds. The molecule has 3 heterocycles. The van der Waals surface area contributed by atoms with Gasteiger partial charge in [-0.05, 0) is 31.0 Å². The standard InChI is InChI=1S/C17H19N5O2/c1-11-3-2-4-12(5-11)21-9-14-6-13(21)10-22(14)16-8-18-15(7-19-16)17(23)20-24/h2-5,7-8,13-14,24H,6,9-10H2,1H3,(H,20,23)/t13-,14-/m1/s1. The van der Waals surface area contributed by atoms with Crippen LogP contribution in [0.15, 0.2) is 36.7 Å². The molecule has 2 saturated heterocycles. The lowest BCUT2D eigenvalue weighted by atomic mass is 10.2. The van der Waals surface area contributed by atoms with Crippen LogP contribution in [0.5, 0.6) is 0 Å². The molecule has 2 fully saturated rings. The van der Waals surface area contributed by atoms with Crippen molar-refractivity contribution in [1.29, 1.82) is 0 Å². The topological polar surface area (TPSA) is 81.6 Å². The summed E-state index contributed by atoms with van der Waals surface area (Å²) in [5.41, 5.74) is 4.22. The molecule has 2 aromatic rings. The van der Waals surface area contributed by atoms with Gasteiger partial charge in [-0.25, -0.2) is 15.4 Å². The Bertz CT molecular complexity index is 764. The third-order valence-electron chi connectivity index (χ3n) is 4.84. The molecule has 7 nitrogen and oxygen atoms in total. The molecule has 0 saturated carbocycles. The minimum absolute atomic E-state index is 0.104. The molecule has 24 heavy (non-hydrogen) atoms. The number of carbonyl (C=O) groups excluding carboxylic acids is 1. The van der Waals surface area contributed by atoms with E-state index in [1.54, 1.807) is 11.7 Å². The van der Waals surface area contributed by atoms with Crippen molar-refractivity contribution in [3.05, 3.63) is 47.9 Å². The molecular formula is C17H19N5O2. The van der Waals surface area contributed by atoms with E-state index < -0.39 is 5.91 Å². The average molecular weight is 325 g/mol. The SMILES string of the molecule is Cc1cccc(N2C[C@H]3C[C@@H]2CN3c2cnc(C(=O)NO)cn2)c1. The number of amides is 1. The fourth-order valence-corrected chi connectivity index (χ4v) is 3.71. The van der Waals surface area contributed by atoms with Gasteiger partial charge in [0, 0.05) is 24.8 Å². The Morgan fingerprint density at radius 3 is 2.62 bits per heavy atom. The third-order valence-corrected chi connectivity index (χ3v) is 4.84. The Morgan fingerprint density at radius 2 is 2.00 bits per heavy atom. The largest absolute Gasteiger partial charge is 0.365 e. The van der Waals surface area contributed by atoms with Gasteiger partial charge in [0.2, 0.25) is 0 Å². The number of aromatic nitrogens is 2. The number of piperazine rings is 1. The highest BCUT2D eigenvalue weighted by Gasteiger charge is 2.43. The van der Waals surface area contributed by atoms with Gasteiger partial charge in [0.1, 0.15) is 11.5 Å². The number of hydrogen-bond acceptors (Lipinski definition) is 6. The van der Waals surface area contributed by atoms with E-state index in [2.05, 4.69) is 51.0 Å². The number of hydroxylamine groups is 1. The maximum Gasteiger partial charge on any atom is 0.294 e. The molecule has 2 N–H and O–H groups in total. The van der Waals surface area contributed by atoms with Crippen molar-refractivity contribution in [2.24, 2.45) is 0 Å². The van der Waals surface area contributed by atoms with Crippen LogP contribution in [-0.4, -0.2) is 46.3 Å². The monoisotopic (exact) mass is 325 g/mol. The minimum atomic E-state index is -0.650. The number of aryl methyl sites for hydroxylation is 1. The summed E-state index contributed by atoms with van der Waals surface area (Å²) in [6.07, 6.45) is 4.10. The molecular weight excluding hydrogens is 306 g/mol. The van der Waals surface area contributed by atoms with E-state index in [4.69, 9.17) is 5.21 Å². The van der Waals surface area contributed by atoms with Crippen LogP contribution in [0.2, 0.25) is 0 Å². The number of nitrogens with zero attached hydrogens (tertiary/aromatic N) is 4. The average Bonchev–Trinajstić information content (AvgIpc) is 3.22. The fraction of sp³-hybridized carbons (Fsp3) is 0.353. The number of carbonyl (C=O) groups is 1. The molecule has 1 aromatic carbocycles. The summed E-state index contributed by atoms with van der Waals surface area (Å²) in [6, 6.07) is 9.49. The van der Waals surface area contributed by atoms with Crippen LogP contribution in [0.4, 0.5) is 11.5 Å². The van der Waals surface area contributed by atoms with Crippen LogP contribution in [0.25, 0.3) is 0 Å². The first-order valence-electron chi connectivity index (χ1n) is 8.02. The number of benzene rings is 1. The fourth-order valence-electron chi connectivity index (χ4n) is 3.71. The summed E-state index contributed by atoms with van der Waals surface area (Å²) in [6.45, 7) is 3.98. The molecule has 1 aromatic heterocycles. The smallest absolute Gasteiger partial charge is 0.294 e. The van der Waals surface area contributed by atoms with Gasteiger partial charge < -0.3 is 9.80 Å². The predicted octanol–water partition coefficient (Wildman–Crippen LogP) is 1.37. The lowest BCUT2D eigenvalue weighted by molar-refractivity contribution is 0.0700. The van der Waals surface area contributed by atoms with Crippen LogP contribution in [0.3, 0.4) is 0 Å². The molecule has 2 aliphatic rings. The molecule has 0 spiro atoms. The summed E-state index contributed by atoms with van der Waals surface area (Å²) < 4.78 is 0. The van der Waals surface area contributed by atoms with Crippen molar-refractivity contribution >= 4 is 17.4 Å². The predicted molar refractivity (Wildman–Crippen MR) is 89.3 cm³/mol. The summed E-state index contributed by atoms with van der Waals surface area (Å²) in [5.74, 6) is 0.128. The first-order valence-corrected chi connectivity index (χ1v) is 8.02. The maximum atomic E-state index is 11.3. The van der Waals surface area contributed by atoms with Gasteiger partial charge in [0.05, 0.1) is 18.4 Å². The number of hydrogen-bond donors (Lipinski definition) is 2. The van der Waals surface area contributed by atoms with Gasteiger partial charge in [-0.2, -0.15) is 0 Å². The van der Waals surface area contributed by atoms with Crippen molar-refractivity contribution < 1.29 is 10.0 Å². The van der Waals surface area contributed by atoms with E-state index in [0.29, 0.717) is 12.1 Å². The Balaban J connectivity index is 1.49. The first kappa shape index (κ1) is 14.9. The van der Waals surface area contributed by atoms with Crippen molar-refractivity contribution in [3.63, 3.8) is 0 Å². The Kier molecular flexibility index (Phi) is 3.57. The zero-order valence-electron chi connectivity index (χ0n) is 13.4. The summed E-state index contributed by atoms with van der Waals surface area (Å²) in [5, 5.41) is 8.63. The second-order valence-electron chi connectivity index (χ2n) is 6.39. The van der Waals surface area contributed by atoms with E-state index in [1.807, 2.05) is 0 Å². The molecule has 7 heteroatoms. The number of anilines is 2. The van der Waals surface area contributed by atoms with E-state index in [0.717, 1.165) is 25.3 Å². The van der Waals surface area contributed by atoms with Crippen LogP contribution < -0.4 is 15.3 Å². The Morgan fingerprint density at radius 1 is 1.21 bits per heavy atom. The van der Waals surface area contributed by atoms with Crippen LogP contribution in [0.1, 0.15) is 22.5 Å². The van der Waals surface area contributed by atoms with Gasteiger partial charge in [0.15, 0.2) is 0 Å². The van der Waals surface area contributed by atoms with E-state index in [-0.39, 0.29) is 5.69 Å². The highest BCUT2D eigenvalue weighted by atomic mass is 16.5. The van der Waals surface area contributed by atoms with Crippen molar-refractivity contribution in [1.82, 2.24) is 15.4 Å². The zero-order valence-corrected chi connectivity index (χ0v) is 13.4. The van der Waals surface area contributed by atoms with E-state index >= 15 is 0 Å². The quantitative estimate of drug-likeness (QED) is 0.655. The van der Waals surface area contributed by atoms with Gasteiger partial charge in [0.25, 0.3) is 5.91 Å². The van der Waals surface area contributed by atoms with Crippen molar-refractivity contribution in [2.75, 3.05) is 22.9 Å². The van der Waals surface area contributed by atoms with Gasteiger partial charge in [-0.3, -0.25) is 10.0 Å². The zero-order chi connectivity index (χ0) is 16.7. The van der Waals surface area contributed by atoms with Gasteiger partial charge in [-0.1, -0.05) is 12.1 Å². The Labute approximate surface area is 139 Å². The van der Waals surface area contributed by atoms with Crippen molar-refractivity contribution in [3.8, 4) is 0 Å². The van der Waals surface area contributed by atoms with Crippen LogP contribution in [-0.2, 0) is 0 Å². The van der Waals surface area contributed by atoms with E-state index in [9.17, 15) is 4.79 Å². The molecule has 124 valence electrons. The van der Waals surface area contributed by atoms with E-state index in [1.165, 1.54) is 17.4 Å². The molecule has 4 rings (SSSR count). The second-order valence-corrected chi connectivity index (χ2v) is 6.39. The van der Waals surface area contributed by atoms with Crippen LogP contribution >= 0.6 is 0 Å². The highest BCUT2D eigenvalue weighted by Crippen LogP contribution is 2.36. The molecule has 0 radical (unpaired) electrons. The highest BCUT2D eigenvalue weighted by molar-refractivity contribution is 5.91. The van der Waals surface area contributed by atoms with Gasteiger partial charge >= 0.3 is 0 Å². The first-order chi connectivity index (χ1) is 11.7. The molecule has 0 unspecified atom stereocenters. The number of fused-ring (bicyclic) bond motifs is 2. The number of nitrogens with one attached hydrogen (secondary N) is 1. The lowest BCUT2D eigenvalue weighted by Gasteiger charge is -2.36. The summed E-state index contributed by atoms with van der Waals surface area (Å²) in [4.78, 5) is 24.4. The van der Waals surface area contributed by atoms with Crippen LogP contribution in [0, 0.1) is 6.92 Å². The lowest BCUT2D eigenvalue weighted by Crippen LogP contribution is -2.47. The maximum absolute atomic E-state index is 11.3.